The molecule has 0 bridgehead atoms. The molecule has 0 fully saturated rings. The minimum atomic E-state index is -0.779. The maximum Gasteiger partial charge on any atom is 0.188 e. The topological polar surface area (TPSA) is 118 Å². The first-order chi connectivity index (χ1) is 12.2. The molecule has 8 nitrogen and oxygen atoms in total. The number of hydrogen-bond acceptors (Lipinski definition) is 5. The molecule has 0 unspecified atom stereocenters. The summed E-state index contributed by atoms with van der Waals surface area (Å²) in [5, 5.41) is 0. The van der Waals surface area contributed by atoms with Crippen LogP contribution in [0.15, 0.2) is 24.3 Å². The van der Waals surface area contributed by atoms with Gasteiger partial charge in [0, 0.05) is 105 Å². The minimum absolute atomic E-state index is 0. The Morgan fingerprint density at radius 1 is 0.667 bits per heavy atom. The molecule has 3 radical (unpaired) electrons. The normalized spacial score (nSPS) is 8.07. The zero-order chi connectivity index (χ0) is 19.2. The van der Waals surface area contributed by atoms with Gasteiger partial charge in [-0.25, -0.2) is 13.2 Å². The van der Waals surface area contributed by atoms with Crippen LogP contribution in [0, 0.1) is 5.82 Å². The van der Waals surface area contributed by atoms with Crippen molar-refractivity contribution in [3.8, 4) is 0 Å². The molecule has 0 atom stereocenters. The van der Waals surface area contributed by atoms with Gasteiger partial charge < -0.3 is 41.7 Å². The first-order valence-corrected chi connectivity index (χ1v) is 7.03. The number of alkyl halides is 2. The summed E-state index contributed by atoms with van der Waals surface area (Å²) in [5.41, 5.74) is 0.802. The van der Waals surface area contributed by atoms with Crippen molar-refractivity contribution in [3.05, 3.63) is 53.3 Å². The number of nitrogens with one attached hydrogen (secondary N) is 3. The summed E-state index contributed by atoms with van der Waals surface area (Å²) in [4.78, 5) is 11.6. The molecule has 173 valence electrons. The molecule has 0 aliphatic carbocycles. The van der Waals surface area contributed by atoms with Gasteiger partial charge in [-0.05, 0) is 17.7 Å². The summed E-state index contributed by atoms with van der Waals surface area (Å²) in [7, 11) is 0. The standard InChI is InChI=1S/C7H7FNO.C5H11FNO3.C2H5FNO.2CH4.3Y/c8-7-3-1-6(2-4-7)5-10-9;6-5-9-2-1-8-3-4-10-7;3-1-2-5-4;;;;;/h1-4,9H,5H2;7H,1-5H2;4H,1-2H2;2*1H4;;;/q3*-1;;;;;/i8-1;6-1;3-1;;;;;. The molecule has 1 rings (SSSR count). The van der Waals surface area contributed by atoms with Gasteiger partial charge in [0.05, 0.1) is 33.0 Å². The van der Waals surface area contributed by atoms with E-state index >= 15 is 0 Å². The van der Waals surface area contributed by atoms with Crippen LogP contribution >= 0.6 is 0 Å². The summed E-state index contributed by atoms with van der Waals surface area (Å²) in [6.45, 7) is -0.0847. The molecule has 0 aliphatic rings. The van der Waals surface area contributed by atoms with Crippen LogP contribution in [0.2, 0.25) is 0 Å². The fraction of sp³-hybridized carbons (Fsp3) is 0.625. The van der Waals surface area contributed by atoms with E-state index in [1.807, 2.05) is 0 Å². The van der Waals surface area contributed by atoms with E-state index in [4.69, 9.17) is 22.4 Å². The number of benzene rings is 1. The molecule has 3 N–H and O–H groups in total. The van der Waals surface area contributed by atoms with E-state index < -0.39 is 13.5 Å². The fourth-order valence-electron chi connectivity index (χ4n) is 1.08. The molecule has 0 saturated carbocycles. The molecule has 30 heavy (non-hydrogen) atoms. The van der Waals surface area contributed by atoms with E-state index in [2.05, 4.69) is 19.2 Å². The molecular weight excluding hydrogens is 635 g/mol. The van der Waals surface area contributed by atoms with Crippen LogP contribution in [0.5, 0.6) is 0 Å². The van der Waals surface area contributed by atoms with Crippen LogP contribution in [0.4, 0.5) is 13.2 Å². The maximum absolute atomic E-state index is 12.2. The van der Waals surface area contributed by atoms with Crippen molar-refractivity contribution in [2.75, 3.05) is 46.6 Å². The van der Waals surface area contributed by atoms with Crippen molar-refractivity contribution in [1.82, 2.24) is 0 Å². The molecule has 1 aromatic carbocycles. The predicted molar refractivity (Wildman–Crippen MR) is 98.2 cm³/mol. The van der Waals surface area contributed by atoms with E-state index in [9.17, 15) is 13.2 Å². The zero-order valence-electron chi connectivity index (χ0n) is 15.4. The number of rotatable bonds is 11. The van der Waals surface area contributed by atoms with Crippen molar-refractivity contribution < 1.29 is 135 Å². The van der Waals surface area contributed by atoms with Crippen molar-refractivity contribution >= 4 is 0 Å². The van der Waals surface area contributed by atoms with Crippen molar-refractivity contribution in [2.45, 2.75) is 21.5 Å². The molecule has 0 amide bonds. The molecule has 0 saturated heterocycles. The number of hydrogen-bond donors (Lipinski definition) is 0. The van der Waals surface area contributed by atoms with Gasteiger partial charge in [0.2, 0.25) is 0 Å². The van der Waals surface area contributed by atoms with E-state index in [0.717, 1.165) is 5.56 Å². The molecule has 0 heterocycles. The maximum atomic E-state index is 12.2. The number of halogens is 3. The third kappa shape index (κ3) is 43.8. The molecule has 0 spiro atoms. The van der Waals surface area contributed by atoms with Crippen LogP contribution in [0.25, 0.3) is 17.7 Å². The molecule has 0 aliphatic heterocycles. The summed E-state index contributed by atoms with van der Waals surface area (Å²) in [6, 6.07) is 5.86. The van der Waals surface area contributed by atoms with E-state index in [1.54, 1.807) is 12.1 Å². The monoisotopic (exact) mass is 666 g/mol. The fourth-order valence-corrected chi connectivity index (χ4v) is 1.08. The van der Waals surface area contributed by atoms with E-state index in [-0.39, 0.29) is 145 Å². The quantitative estimate of drug-likeness (QED) is 0.230. The van der Waals surface area contributed by atoms with Crippen molar-refractivity contribution in [2.24, 2.45) is 0 Å². The van der Waals surface area contributed by atoms with Gasteiger partial charge in [-0.1, -0.05) is 27.0 Å². The zero-order valence-corrected chi connectivity index (χ0v) is 23.9. The SMILES string of the molecule is C.C.[NH-]OCCOCCOC[18F].[NH-]OCC[18F].[NH-]OCc1ccc([18F])cc1.[Y].[Y].[Y]. The smallest absolute Gasteiger partial charge is 0.188 e. The van der Waals surface area contributed by atoms with Gasteiger partial charge in [-0.3, -0.25) is 0 Å². The van der Waals surface area contributed by atoms with Crippen LogP contribution in [0.1, 0.15) is 20.4 Å². The Hall–Kier alpha value is 2.00. The van der Waals surface area contributed by atoms with E-state index in [0.29, 0.717) is 13.2 Å². The molecule has 1 aromatic rings. The minimum Gasteiger partial charge on any atom is -0.549 e. The molecule has 0 aromatic heterocycles. The van der Waals surface area contributed by atoms with Crippen molar-refractivity contribution in [1.29, 1.82) is 0 Å². The second-order valence-electron chi connectivity index (χ2n) is 3.93. The Balaban J connectivity index is -0.0000000511. The molecular formula is C16H31F3N3O5Y3-3. The first kappa shape index (κ1) is 49.2. The second kappa shape index (κ2) is 44.6. The summed E-state index contributed by atoms with van der Waals surface area (Å²) in [6.07, 6.45) is 0. The average Bonchev–Trinajstić information content (AvgIpc) is 2.62. The van der Waals surface area contributed by atoms with Gasteiger partial charge in [-0.15, -0.1) is 0 Å². The average molecular weight is 666 g/mol. The van der Waals surface area contributed by atoms with Crippen LogP contribution in [-0.2, 0) is 129 Å². The predicted octanol–water partition coefficient (Wildman–Crippen LogP) is 5.44. The Labute approximate surface area is 253 Å². The molecule has 14 heteroatoms. The van der Waals surface area contributed by atoms with Gasteiger partial charge in [0.15, 0.2) is 6.86 Å². The van der Waals surface area contributed by atoms with Crippen LogP contribution < -0.4 is 0 Å². The Bertz CT molecular complexity index is 370. The third-order valence-electron chi connectivity index (χ3n) is 2.11. The van der Waals surface area contributed by atoms with Crippen LogP contribution in [0.3, 0.4) is 0 Å². The third-order valence-corrected chi connectivity index (χ3v) is 2.11. The van der Waals surface area contributed by atoms with Gasteiger partial charge >= 0.3 is 0 Å². The summed E-state index contributed by atoms with van der Waals surface area (Å²) < 4.78 is 43.4. The first-order valence-electron chi connectivity index (χ1n) is 7.03. The van der Waals surface area contributed by atoms with Crippen LogP contribution in [-0.4, -0.2) is 46.6 Å². The summed E-state index contributed by atoms with van der Waals surface area (Å²) in [5.74, 6) is 18.2. The largest absolute Gasteiger partial charge is 0.549 e. The van der Waals surface area contributed by atoms with Gasteiger partial charge in [0.1, 0.15) is 12.5 Å². The Morgan fingerprint density at radius 2 is 1.13 bits per heavy atom. The Morgan fingerprint density at radius 3 is 1.50 bits per heavy atom. The summed E-state index contributed by atoms with van der Waals surface area (Å²) >= 11 is 0. The van der Waals surface area contributed by atoms with E-state index in [1.165, 1.54) is 12.1 Å². The Kier molecular flexibility index (Phi) is 73.2. The van der Waals surface area contributed by atoms with Gasteiger partial charge in [-0.2, -0.15) is 0 Å². The second-order valence-corrected chi connectivity index (χ2v) is 3.93. The van der Waals surface area contributed by atoms with Crippen molar-refractivity contribution in [3.63, 3.8) is 0 Å². The van der Waals surface area contributed by atoms with Gasteiger partial charge in [0.25, 0.3) is 0 Å². The number of ether oxygens (including phenoxy) is 2.